The normalized spacial score (nSPS) is 15.8. The van der Waals surface area contributed by atoms with E-state index in [1.54, 1.807) is 7.11 Å². The summed E-state index contributed by atoms with van der Waals surface area (Å²) in [6, 6.07) is 17.0. The number of likely N-dealkylation sites (tertiary alicyclic amines) is 1. The van der Waals surface area contributed by atoms with Crippen LogP contribution in [-0.4, -0.2) is 37.1 Å². The quantitative estimate of drug-likeness (QED) is 0.701. The lowest BCUT2D eigenvalue weighted by molar-refractivity contribution is 0.255. The van der Waals surface area contributed by atoms with E-state index in [2.05, 4.69) is 52.6 Å². The first-order chi connectivity index (χ1) is 13.1. The number of anilines is 2. The predicted octanol–water partition coefficient (Wildman–Crippen LogP) is 5.10. The zero-order valence-corrected chi connectivity index (χ0v) is 16.3. The maximum atomic E-state index is 5.39. The van der Waals surface area contributed by atoms with Crippen molar-refractivity contribution < 1.29 is 4.74 Å². The summed E-state index contributed by atoms with van der Waals surface area (Å²) in [5, 5.41) is 4.64. The fourth-order valence-electron chi connectivity index (χ4n) is 3.90. The van der Waals surface area contributed by atoms with E-state index in [9.17, 15) is 0 Å². The Morgan fingerprint density at radius 2 is 1.78 bits per heavy atom. The standard InChI is InChI=1S/C23H27N3O/c1-16-14-23(21-15-20(27-3)8-9-22(21)24-16)25-19-6-4-17(5-7-19)18-10-12-26(2)13-11-18/h4-9,14-15,18H,10-13H2,1-3H3,(H,24,25). The molecule has 2 aromatic carbocycles. The lowest BCUT2D eigenvalue weighted by Gasteiger charge is -2.29. The van der Waals surface area contributed by atoms with Gasteiger partial charge in [-0.15, -0.1) is 0 Å². The molecule has 27 heavy (non-hydrogen) atoms. The zero-order valence-electron chi connectivity index (χ0n) is 16.3. The maximum absolute atomic E-state index is 5.39. The molecule has 4 nitrogen and oxygen atoms in total. The van der Waals surface area contributed by atoms with Gasteiger partial charge in [0.15, 0.2) is 0 Å². The third-order valence-electron chi connectivity index (χ3n) is 5.52. The first-order valence-electron chi connectivity index (χ1n) is 9.63. The minimum atomic E-state index is 0.684. The monoisotopic (exact) mass is 361 g/mol. The number of hydrogen-bond donors (Lipinski definition) is 1. The summed E-state index contributed by atoms with van der Waals surface area (Å²) in [5.74, 6) is 1.53. The number of benzene rings is 2. The van der Waals surface area contributed by atoms with Gasteiger partial charge >= 0.3 is 0 Å². The van der Waals surface area contributed by atoms with Gasteiger partial charge in [-0.2, -0.15) is 0 Å². The van der Waals surface area contributed by atoms with Crippen LogP contribution in [0.5, 0.6) is 5.75 Å². The fourth-order valence-corrected chi connectivity index (χ4v) is 3.90. The van der Waals surface area contributed by atoms with E-state index >= 15 is 0 Å². The largest absolute Gasteiger partial charge is 0.497 e. The highest BCUT2D eigenvalue weighted by molar-refractivity contribution is 5.94. The predicted molar refractivity (Wildman–Crippen MR) is 112 cm³/mol. The van der Waals surface area contributed by atoms with E-state index in [4.69, 9.17) is 4.74 Å². The molecule has 0 aliphatic carbocycles. The van der Waals surface area contributed by atoms with E-state index in [1.807, 2.05) is 25.1 Å². The van der Waals surface area contributed by atoms with Crippen LogP contribution in [0.3, 0.4) is 0 Å². The molecule has 0 spiro atoms. The number of methoxy groups -OCH3 is 1. The van der Waals surface area contributed by atoms with E-state index < -0.39 is 0 Å². The number of aromatic nitrogens is 1. The summed E-state index contributed by atoms with van der Waals surface area (Å²) in [5.41, 5.74) is 5.58. The van der Waals surface area contributed by atoms with Gasteiger partial charge in [0.25, 0.3) is 0 Å². The van der Waals surface area contributed by atoms with Crippen molar-refractivity contribution in [3.05, 3.63) is 59.8 Å². The Morgan fingerprint density at radius 1 is 1.04 bits per heavy atom. The van der Waals surface area contributed by atoms with Crippen LogP contribution in [0, 0.1) is 6.92 Å². The highest BCUT2D eigenvalue weighted by Crippen LogP contribution is 2.31. The molecule has 4 rings (SSSR count). The number of rotatable bonds is 4. The molecule has 2 heterocycles. The Hall–Kier alpha value is -2.59. The number of nitrogens with zero attached hydrogens (tertiary/aromatic N) is 2. The van der Waals surface area contributed by atoms with Crippen LogP contribution in [0.1, 0.15) is 30.0 Å². The number of piperidine rings is 1. The van der Waals surface area contributed by atoms with Crippen molar-refractivity contribution in [1.82, 2.24) is 9.88 Å². The SMILES string of the molecule is COc1ccc2nc(C)cc(Nc3ccc(C4CCN(C)CC4)cc3)c2c1. The van der Waals surface area contributed by atoms with Crippen LogP contribution >= 0.6 is 0 Å². The van der Waals surface area contributed by atoms with Gasteiger partial charge in [0.1, 0.15) is 5.75 Å². The molecule has 1 fully saturated rings. The van der Waals surface area contributed by atoms with Gasteiger partial charge in [0, 0.05) is 22.5 Å². The smallest absolute Gasteiger partial charge is 0.119 e. The second-order valence-corrected chi connectivity index (χ2v) is 7.52. The van der Waals surface area contributed by atoms with E-state index in [-0.39, 0.29) is 0 Å². The van der Waals surface area contributed by atoms with Crippen molar-refractivity contribution in [1.29, 1.82) is 0 Å². The van der Waals surface area contributed by atoms with Gasteiger partial charge in [-0.3, -0.25) is 4.98 Å². The highest BCUT2D eigenvalue weighted by Gasteiger charge is 2.18. The summed E-state index contributed by atoms with van der Waals surface area (Å²) < 4.78 is 5.39. The Labute approximate surface area is 161 Å². The minimum absolute atomic E-state index is 0.684. The second kappa shape index (κ2) is 7.57. The number of aryl methyl sites for hydroxylation is 1. The number of hydrogen-bond acceptors (Lipinski definition) is 4. The third kappa shape index (κ3) is 3.91. The van der Waals surface area contributed by atoms with Gasteiger partial charge in [-0.05, 0) is 87.8 Å². The summed E-state index contributed by atoms with van der Waals surface area (Å²) >= 11 is 0. The number of ether oxygens (including phenoxy) is 1. The molecule has 1 aliphatic rings. The molecule has 1 aliphatic heterocycles. The first-order valence-corrected chi connectivity index (χ1v) is 9.63. The average molecular weight is 361 g/mol. The van der Waals surface area contributed by atoms with Crippen LogP contribution in [0.15, 0.2) is 48.5 Å². The Balaban J connectivity index is 1.58. The molecular formula is C23H27N3O. The molecule has 4 heteroatoms. The lowest BCUT2D eigenvalue weighted by Crippen LogP contribution is -2.29. The summed E-state index contributed by atoms with van der Waals surface area (Å²) in [4.78, 5) is 7.05. The zero-order chi connectivity index (χ0) is 18.8. The van der Waals surface area contributed by atoms with Crippen LogP contribution in [0.4, 0.5) is 11.4 Å². The van der Waals surface area contributed by atoms with Crippen LogP contribution in [0.25, 0.3) is 10.9 Å². The van der Waals surface area contributed by atoms with Crippen LogP contribution < -0.4 is 10.1 Å². The lowest BCUT2D eigenvalue weighted by atomic mass is 9.89. The van der Waals surface area contributed by atoms with Gasteiger partial charge in [-0.1, -0.05) is 12.1 Å². The second-order valence-electron chi connectivity index (χ2n) is 7.52. The molecule has 0 bridgehead atoms. The molecule has 0 unspecified atom stereocenters. The summed E-state index contributed by atoms with van der Waals surface area (Å²) in [6.07, 6.45) is 2.49. The maximum Gasteiger partial charge on any atom is 0.119 e. The molecule has 0 atom stereocenters. The number of nitrogens with one attached hydrogen (secondary N) is 1. The Morgan fingerprint density at radius 3 is 2.48 bits per heavy atom. The number of fused-ring (bicyclic) bond motifs is 1. The van der Waals surface area contributed by atoms with Gasteiger partial charge in [-0.25, -0.2) is 0 Å². The van der Waals surface area contributed by atoms with E-state index in [1.165, 1.54) is 31.5 Å². The van der Waals surface area contributed by atoms with E-state index in [0.717, 1.165) is 33.7 Å². The van der Waals surface area contributed by atoms with Crippen LogP contribution in [-0.2, 0) is 0 Å². The molecule has 0 amide bonds. The van der Waals surface area contributed by atoms with Crippen molar-refractivity contribution in [2.75, 3.05) is 32.6 Å². The molecule has 0 saturated carbocycles. The van der Waals surface area contributed by atoms with Crippen molar-refractivity contribution in [2.24, 2.45) is 0 Å². The van der Waals surface area contributed by atoms with Crippen molar-refractivity contribution in [3.63, 3.8) is 0 Å². The first kappa shape index (κ1) is 17.8. The van der Waals surface area contributed by atoms with Crippen LogP contribution in [0.2, 0.25) is 0 Å². The molecule has 1 N–H and O–H groups in total. The van der Waals surface area contributed by atoms with Gasteiger partial charge in [0.2, 0.25) is 0 Å². The molecule has 3 aromatic rings. The summed E-state index contributed by atoms with van der Waals surface area (Å²) in [7, 11) is 3.90. The molecule has 1 saturated heterocycles. The third-order valence-corrected chi connectivity index (χ3v) is 5.52. The van der Waals surface area contributed by atoms with Crippen molar-refractivity contribution >= 4 is 22.3 Å². The van der Waals surface area contributed by atoms with Crippen molar-refractivity contribution in [2.45, 2.75) is 25.7 Å². The molecule has 0 radical (unpaired) electrons. The molecule has 140 valence electrons. The summed E-state index contributed by atoms with van der Waals surface area (Å²) in [6.45, 7) is 4.40. The number of pyridine rings is 1. The minimum Gasteiger partial charge on any atom is -0.497 e. The average Bonchev–Trinajstić information content (AvgIpc) is 2.69. The molecular weight excluding hydrogens is 334 g/mol. The topological polar surface area (TPSA) is 37.4 Å². The highest BCUT2D eigenvalue weighted by atomic mass is 16.5. The molecule has 1 aromatic heterocycles. The van der Waals surface area contributed by atoms with Gasteiger partial charge < -0.3 is 15.0 Å². The fraction of sp³-hybridized carbons (Fsp3) is 0.348. The van der Waals surface area contributed by atoms with E-state index in [0.29, 0.717) is 5.92 Å². The Kier molecular flexibility index (Phi) is 4.99. The Bertz CT molecular complexity index is 928. The van der Waals surface area contributed by atoms with Crippen molar-refractivity contribution in [3.8, 4) is 5.75 Å². The van der Waals surface area contributed by atoms with Gasteiger partial charge in [0.05, 0.1) is 12.6 Å².